The summed E-state index contributed by atoms with van der Waals surface area (Å²) >= 11 is 2.56. The average Bonchev–Trinajstić information content (AvgIpc) is 3.10. The third-order valence-corrected chi connectivity index (χ3v) is 6.84. The summed E-state index contributed by atoms with van der Waals surface area (Å²) in [5, 5.41) is 2.47. The number of nitrogens with zero attached hydrogens (tertiary/aromatic N) is 1. The van der Waals surface area contributed by atoms with Gasteiger partial charge in [0.15, 0.2) is 11.5 Å². The van der Waals surface area contributed by atoms with Crippen LogP contribution in [-0.2, 0) is 16.0 Å². The fourth-order valence-electron chi connectivity index (χ4n) is 3.44. The molecule has 9 heteroatoms. The van der Waals surface area contributed by atoms with Gasteiger partial charge in [0.05, 0.1) is 4.91 Å². The van der Waals surface area contributed by atoms with Gasteiger partial charge >= 0.3 is 0 Å². The Morgan fingerprint density at radius 3 is 2.64 bits per heavy atom. The van der Waals surface area contributed by atoms with E-state index >= 15 is 0 Å². The lowest BCUT2D eigenvalue weighted by Gasteiger charge is -2.18. The molecule has 2 aliphatic rings. The van der Waals surface area contributed by atoms with E-state index in [0.717, 1.165) is 33.5 Å². The molecule has 1 saturated heterocycles. The Labute approximate surface area is 200 Å². The first-order valence-corrected chi connectivity index (χ1v) is 12.6. The predicted molar refractivity (Wildman–Crippen MR) is 130 cm³/mol. The van der Waals surface area contributed by atoms with Gasteiger partial charge in [0.2, 0.25) is 5.91 Å². The molecule has 0 aliphatic carbocycles. The van der Waals surface area contributed by atoms with Crippen LogP contribution in [0.2, 0.25) is 0 Å². The molecule has 1 N–H and O–H groups in total. The number of hydrogen-bond donors (Lipinski definition) is 1. The van der Waals surface area contributed by atoms with Crippen LogP contribution in [0.25, 0.3) is 6.08 Å². The van der Waals surface area contributed by atoms with Crippen molar-refractivity contribution in [2.75, 3.05) is 32.6 Å². The van der Waals surface area contributed by atoms with Gasteiger partial charge in [-0.1, -0.05) is 18.2 Å². The van der Waals surface area contributed by atoms with Crippen molar-refractivity contribution in [3.8, 4) is 11.5 Å². The minimum atomic E-state index is -0.329. The standard InChI is InChI=1S/C24H24N2O5S2/c1-32-18-6-2-17(3-7-18)15-21-23(28)26(24(29)33-21)11-10-25-22(27)9-5-16-4-8-19-20(14-16)31-13-12-30-19/h2-4,6-8,14-15H,5,9-13H2,1H3,(H,25,27). The molecule has 0 unspecified atom stereocenters. The molecule has 7 nitrogen and oxygen atoms in total. The lowest BCUT2D eigenvalue weighted by molar-refractivity contribution is -0.124. The number of fused-ring (bicyclic) bond motifs is 1. The van der Waals surface area contributed by atoms with Crippen LogP contribution in [0.1, 0.15) is 17.5 Å². The fraction of sp³-hybridized carbons (Fsp3) is 0.292. The smallest absolute Gasteiger partial charge is 0.293 e. The zero-order chi connectivity index (χ0) is 23.2. The van der Waals surface area contributed by atoms with Crippen LogP contribution >= 0.6 is 23.5 Å². The van der Waals surface area contributed by atoms with Crippen molar-refractivity contribution in [1.82, 2.24) is 10.2 Å². The van der Waals surface area contributed by atoms with Crippen LogP contribution in [0.3, 0.4) is 0 Å². The molecule has 0 radical (unpaired) electrons. The highest BCUT2D eigenvalue weighted by Crippen LogP contribution is 2.32. The van der Waals surface area contributed by atoms with E-state index in [4.69, 9.17) is 9.47 Å². The lowest BCUT2D eigenvalue weighted by Crippen LogP contribution is -2.37. The molecule has 0 saturated carbocycles. The highest BCUT2D eigenvalue weighted by atomic mass is 32.2. The summed E-state index contributed by atoms with van der Waals surface area (Å²) in [5.41, 5.74) is 1.85. The molecule has 2 aromatic carbocycles. The molecule has 172 valence electrons. The number of nitrogens with one attached hydrogen (secondary N) is 1. The summed E-state index contributed by atoms with van der Waals surface area (Å²) in [7, 11) is 0. The lowest BCUT2D eigenvalue weighted by atomic mass is 10.1. The number of benzene rings is 2. The van der Waals surface area contributed by atoms with Gasteiger partial charge < -0.3 is 14.8 Å². The maximum atomic E-state index is 12.6. The molecule has 2 heterocycles. The second-order valence-corrected chi connectivity index (χ2v) is 9.31. The van der Waals surface area contributed by atoms with Crippen molar-refractivity contribution in [1.29, 1.82) is 0 Å². The first kappa shape index (κ1) is 23.3. The molecule has 2 aromatic rings. The van der Waals surface area contributed by atoms with Gasteiger partial charge in [-0.2, -0.15) is 0 Å². The van der Waals surface area contributed by atoms with E-state index in [1.807, 2.05) is 48.7 Å². The summed E-state index contributed by atoms with van der Waals surface area (Å²) in [6, 6.07) is 13.4. The van der Waals surface area contributed by atoms with Crippen molar-refractivity contribution in [2.45, 2.75) is 17.7 Å². The van der Waals surface area contributed by atoms with Crippen molar-refractivity contribution >= 4 is 46.7 Å². The number of carbonyl (C=O) groups excluding carboxylic acids is 3. The van der Waals surface area contributed by atoms with Crippen LogP contribution in [0, 0.1) is 0 Å². The number of imide groups is 1. The SMILES string of the molecule is CSc1ccc(C=C2SC(=O)N(CCNC(=O)CCc3ccc4c(c3)OCCO4)C2=O)cc1. The Balaban J connectivity index is 1.24. The number of aryl methyl sites for hydroxylation is 1. The molecule has 4 rings (SSSR count). The maximum absolute atomic E-state index is 12.6. The Kier molecular flexibility index (Phi) is 7.61. The van der Waals surface area contributed by atoms with Crippen LogP contribution in [0.4, 0.5) is 4.79 Å². The van der Waals surface area contributed by atoms with E-state index in [2.05, 4.69) is 5.32 Å². The number of rotatable bonds is 8. The van der Waals surface area contributed by atoms with Gasteiger partial charge in [0, 0.05) is 24.4 Å². The van der Waals surface area contributed by atoms with Gasteiger partial charge in [-0.15, -0.1) is 11.8 Å². The first-order valence-electron chi connectivity index (χ1n) is 10.6. The molecule has 33 heavy (non-hydrogen) atoms. The molecular formula is C24H24N2O5S2. The summed E-state index contributed by atoms with van der Waals surface area (Å²) in [4.78, 5) is 39.8. The zero-order valence-electron chi connectivity index (χ0n) is 18.2. The molecule has 2 aliphatic heterocycles. The average molecular weight is 485 g/mol. The third kappa shape index (κ3) is 5.91. The predicted octanol–water partition coefficient (Wildman–Crippen LogP) is 3.97. The van der Waals surface area contributed by atoms with Crippen LogP contribution < -0.4 is 14.8 Å². The van der Waals surface area contributed by atoms with Crippen LogP contribution in [-0.4, -0.2) is 54.5 Å². The molecule has 0 atom stereocenters. The van der Waals surface area contributed by atoms with Crippen molar-refractivity contribution in [3.63, 3.8) is 0 Å². The van der Waals surface area contributed by atoms with Gasteiger partial charge in [-0.3, -0.25) is 19.3 Å². The number of ether oxygens (including phenoxy) is 2. The largest absolute Gasteiger partial charge is 0.486 e. The Bertz CT molecular complexity index is 1080. The molecule has 0 spiro atoms. The minimum absolute atomic E-state index is 0.138. The normalized spacial score (nSPS) is 16.4. The Hall–Kier alpha value is -2.91. The number of hydrogen-bond acceptors (Lipinski definition) is 7. The van der Waals surface area contributed by atoms with Crippen molar-refractivity contribution in [2.24, 2.45) is 0 Å². The van der Waals surface area contributed by atoms with Gasteiger partial charge in [0.1, 0.15) is 13.2 Å². The zero-order valence-corrected chi connectivity index (χ0v) is 19.8. The first-order chi connectivity index (χ1) is 16.0. The second-order valence-electron chi connectivity index (χ2n) is 7.43. The number of amides is 3. The van der Waals surface area contributed by atoms with E-state index in [1.165, 1.54) is 4.90 Å². The second kappa shape index (κ2) is 10.8. The van der Waals surface area contributed by atoms with E-state index in [0.29, 0.717) is 36.7 Å². The quantitative estimate of drug-likeness (QED) is 0.448. The summed E-state index contributed by atoms with van der Waals surface area (Å²) in [6.07, 6.45) is 4.58. The van der Waals surface area contributed by atoms with Crippen LogP contribution in [0.15, 0.2) is 52.3 Å². The van der Waals surface area contributed by atoms with E-state index in [9.17, 15) is 14.4 Å². The van der Waals surface area contributed by atoms with E-state index in [1.54, 1.807) is 17.8 Å². The topological polar surface area (TPSA) is 84.9 Å². The monoisotopic (exact) mass is 484 g/mol. The maximum Gasteiger partial charge on any atom is 0.293 e. The Morgan fingerprint density at radius 2 is 1.88 bits per heavy atom. The highest BCUT2D eigenvalue weighted by molar-refractivity contribution is 8.18. The highest BCUT2D eigenvalue weighted by Gasteiger charge is 2.34. The molecule has 0 bridgehead atoms. The van der Waals surface area contributed by atoms with Gasteiger partial charge in [-0.05, 0) is 65.9 Å². The Morgan fingerprint density at radius 1 is 1.12 bits per heavy atom. The van der Waals surface area contributed by atoms with Gasteiger partial charge in [-0.25, -0.2) is 0 Å². The van der Waals surface area contributed by atoms with Crippen molar-refractivity contribution in [3.05, 3.63) is 58.5 Å². The molecular weight excluding hydrogens is 460 g/mol. The minimum Gasteiger partial charge on any atom is -0.486 e. The molecule has 0 aromatic heterocycles. The van der Waals surface area contributed by atoms with Gasteiger partial charge in [0.25, 0.3) is 11.1 Å². The third-order valence-electron chi connectivity index (χ3n) is 5.19. The fourth-order valence-corrected chi connectivity index (χ4v) is 4.71. The van der Waals surface area contributed by atoms with Crippen LogP contribution in [0.5, 0.6) is 11.5 Å². The summed E-state index contributed by atoms with van der Waals surface area (Å²) < 4.78 is 11.1. The molecule has 1 fully saturated rings. The van der Waals surface area contributed by atoms with E-state index in [-0.39, 0.29) is 30.1 Å². The molecule has 3 amide bonds. The summed E-state index contributed by atoms with van der Waals surface area (Å²) in [5.74, 6) is 0.954. The van der Waals surface area contributed by atoms with Crippen molar-refractivity contribution < 1.29 is 23.9 Å². The van der Waals surface area contributed by atoms with E-state index < -0.39 is 0 Å². The number of thioether (sulfide) groups is 2. The number of carbonyl (C=O) groups is 3. The summed E-state index contributed by atoms with van der Waals surface area (Å²) in [6.45, 7) is 1.42.